The van der Waals surface area contributed by atoms with Gasteiger partial charge >= 0.3 is 0 Å². The molecule has 3 rings (SSSR count). The Bertz CT molecular complexity index is 733. The number of nitrogens with one attached hydrogen (secondary N) is 2. The molecule has 2 aromatic rings. The van der Waals surface area contributed by atoms with E-state index in [1.54, 1.807) is 6.07 Å². The fourth-order valence-electron chi connectivity index (χ4n) is 3.46. The van der Waals surface area contributed by atoms with Gasteiger partial charge in [-0.3, -0.25) is 14.8 Å². The number of rotatable bonds is 6. The molecular weight excluding hydrogens is 328 g/mol. The predicted octanol–water partition coefficient (Wildman–Crippen LogP) is 2.51. The molecule has 2 unspecified atom stereocenters. The maximum absolute atomic E-state index is 12.3. The first-order valence-corrected chi connectivity index (χ1v) is 9.32. The van der Waals surface area contributed by atoms with E-state index in [-0.39, 0.29) is 18.1 Å². The molecule has 0 bridgehead atoms. The van der Waals surface area contributed by atoms with E-state index in [0.717, 1.165) is 37.3 Å². The van der Waals surface area contributed by atoms with Gasteiger partial charge in [0.1, 0.15) is 5.69 Å². The number of morpholine rings is 1. The molecule has 6 nitrogen and oxygen atoms in total. The molecule has 6 heteroatoms. The van der Waals surface area contributed by atoms with Crippen molar-refractivity contribution in [1.29, 1.82) is 0 Å². The zero-order valence-corrected chi connectivity index (χ0v) is 15.8. The second kappa shape index (κ2) is 8.47. The summed E-state index contributed by atoms with van der Waals surface area (Å²) in [6, 6.07) is 10.1. The number of carbonyl (C=O) groups is 1. The van der Waals surface area contributed by atoms with Gasteiger partial charge in [0.05, 0.1) is 12.2 Å². The first-order valence-electron chi connectivity index (χ1n) is 9.32. The van der Waals surface area contributed by atoms with E-state index in [9.17, 15) is 4.79 Å². The molecule has 1 aliphatic rings. The molecular formula is C20H28N4O2. The molecule has 0 saturated carbocycles. The van der Waals surface area contributed by atoms with Gasteiger partial charge in [-0.25, -0.2) is 0 Å². The Morgan fingerprint density at radius 3 is 2.62 bits per heavy atom. The Labute approximate surface area is 154 Å². The first kappa shape index (κ1) is 18.6. The lowest BCUT2D eigenvalue weighted by Gasteiger charge is -2.35. The van der Waals surface area contributed by atoms with Crippen molar-refractivity contribution >= 4 is 5.91 Å². The second-order valence-corrected chi connectivity index (χ2v) is 7.03. The average molecular weight is 356 g/mol. The van der Waals surface area contributed by atoms with Crippen LogP contribution in [0.25, 0.3) is 0 Å². The normalized spacial score (nSPS) is 20.9. The van der Waals surface area contributed by atoms with E-state index >= 15 is 0 Å². The Kier molecular flexibility index (Phi) is 6.06. The Hall–Kier alpha value is -2.18. The Morgan fingerprint density at radius 2 is 1.96 bits per heavy atom. The van der Waals surface area contributed by atoms with Crippen molar-refractivity contribution in [1.82, 2.24) is 20.4 Å². The van der Waals surface area contributed by atoms with Crippen molar-refractivity contribution in [3.63, 3.8) is 0 Å². The van der Waals surface area contributed by atoms with Crippen LogP contribution in [0.4, 0.5) is 0 Å². The highest BCUT2D eigenvalue weighted by molar-refractivity contribution is 5.92. The zero-order chi connectivity index (χ0) is 18.5. The summed E-state index contributed by atoms with van der Waals surface area (Å²) < 4.78 is 5.81. The number of carbonyl (C=O) groups excluding carboxylic acids is 1. The summed E-state index contributed by atoms with van der Waals surface area (Å²) >= 11 is 0. The monoisotopic (exact) mass is 356 g/mol. The molecule has 1 aliphatic heterocycles. The quantitative estimate of drug-likeness (QED) is 0.834. The molecule has 1 aromatic heterocycles. The predicted molar refractivity (Wildman–Crippen MR) is 101 cm³/mol. The third-order valence-corrected chi connectivity index (χ3v) is 4.69. The van der Waals surface area contributed by atoms with Crippen LogP contribution in [0, 0.1) is 0 Å². The minimum Gasteiger partial charge on any atom is -0.373 e. The Morgan fingerprint density at radius 1 is 1.27 bits per heavy atom. The van der Waals surface area contributed by atoms with Crippen LogP contribution in [0.2, 0.25) is 0 Å². The van der Waals surface area contributed by atoms with Gasteiger partial charge in [-0.1, -0.05) is 31.2 Å². The first-order chi connectivity index (χ1) is 12.5. The summed E-state index contributed by atoms with van der Waals surface area (Å²) in [5.41, 5.74) is 3.78. The van der Waals surface area contributed by atoms with Crippen LogP contribution >= 0.6 is 0 Å². The van der Waals surface area contributed by atoms with Crippen LogP contribution in [0.1, 0.15) is 48.1 Å². The molecule has 2 atom stereocenters. The SMILES string of the molecule is CCc1cc(C(=O)NCc2ccccc2CN2CC(C)OC(C)C2)n[nH]1. The number of benzene rings is 1. The molecule has 1 aromatic carbocycles. The van der Waals surface area contributed by atoms with E-state index in [0.29, 0.717) is 12.2 Å². The van der Waals surface area contributed by atoms with Gasteiger partial charge < -0.3 is 10.1 Å². The number of ether oxygens (including phenoxy) is 1. The van der Waals surface area contributed by atoms with E-state index in [1.165, 1.54) is 5.56 Å². The molecule has 0 spiro atoms. The van der Waals surface area contributed by atoms with Gasteiger partial charge in [0.25, 0.3) is 5.91 Å². The van der Waals surface area contributed by atoms with Gasteiger partial charge in [-0.05, 0) is 37.5 Å². The third kappa shape index (κ3) is 4.71. The van der Waals surface area contributed by atoms with Gasteiger partial charge in [0.15, 0.2) is 0 Å². The number of hydrogen-bond donors (Lipinski definition) is 2. The standard InChI is InChI=1S/C20H28N4O2/c1-4-18-9-19(23-22-18)20(25)21-10-16-7-5-6-8-17(16)13-24-11-14(2)26-15(3)12-24/h5-9,14-15H,4,10-13H2,1-3H3,(H,21,25)(H,22,23). The number of H-pyrrole nitrogens is 1. The minimum absolute atomic E-state index is 0.149. The fraction of sp³-hybridized carbons (Fsp3) is 0.500. The van der Waals surface area contributed by atoms with Gasteiger partial charge in [0, 0.05) is 31.9 Å². The van der Waals surface area contributed by atoms with Crippen LogP contribution in [0.5, 0.6) is 0 Å². The van der Waals surface area contributed by atoms with Crippen LogP contribution in [-0.2, 0) is 24.2 Å². The minimum atomic E-state index is -0.149. The molecule has 1 saturated heterocycles. The summed E-state index contributed by atoms with van der Waals surface area (Å²) in [5.74, 6) is -0.149. The topological polar surface area (TPSA) is 70.2 Å². The summed E-state index contributed by atoms with van der Waals surface area (Å²) in [6.07, 6.45) is 1.33. The van der Waals surface area contributed by atoms with E-state index < -0.39 is 0 Å². The van der Waals surface area contributed by atoms with Gasteiger partial charge in [-0.2, -0.15) is 5.10 Å². The second-order valence-electron chi connectivity index (χ2n) is 7.03. The molecule has 26 heavy (non-hydrogen) atoms. The number of aryl methyl sites for hydroxylation is 1. The lowest BCUT2D eigenvalue weighted by Crippen LogP contribution is -2.45. The van der Waals surface area contributed by atoms with Crippen LogP contribution in [-0.4, -0.2) is 46.3 Å². The van der Waals surface area contributed by atoms with E-state index in [4.69, 9.17) is 4.74 Å². The van der Waals surface area contributed by atoms with Crippen molar-refractivity contribution in [2.45, 2.75) is 52.5 Å². The molecule has 1 amide bonds. The van der Waals surface area contributed by atoms with Crippen molar-refractivity contribution in [3.8, 4) is 0 Å². The molecule has 140 valence electrons. The van der Waals surface area contributed by atoms with Crippen molar-refractivity contribution in [3.05, 3.63) is 52.8 Å². The third-order valence-electron chi connectivity index (χ3n) is 4.69. The zero-order valence-electron chi connectivity index (χ0n) is 15.8. The number of amides is 1. The number of hydrogen-bond acceptors (Lipinski definition) is 4. The highest BCUT2D eigenvalue weighted by Crippen LogP contribution is 2.17. The Balaban J connectivity index is 1.62. The van der Waals surface area contributed by atoms with Crippen molar-refractivity contribution < 1.29 is 9.53 Å². The van der Waals surface area contributed by atoms with Crippen molar-refractivity contribution in [2.24, 2.45) is 0 Å². The van der Waals surface area contributed by atoms with Gasteiger partial charge in [-0.15, -0.1) is 0 Å². The maximum atomic E-state index is 12.3. The summed E-state index contributed by atoms with van der Waals surface area (Å²) in [6.45, 7) is 9.48. The number of aromatic amines is 1. The van der Waals surface area contributed by atoms with Crippen LogP contribution in [0.3, 0.4) is 0 Å². The van der Waals surface area contributed by atoms with Crippen molar-refractivity contribution in [2.75, 3.05) is 13.1 Å². The summed E-state index contributed by atoms with van der Waals surface area (Å²) in [4.78, 5) is 14.7. The maximum Gasteiger partial charge on any atom is 0.272 e. The highest BCUT2D eigenvalue weighted by atomic mass is 16.5. The van der Waals surface area contributed by atoms with E-state index in [2.05, 4.69) is 52.5 Å². The highest BCUT2D eigenvalue weighted by Gasteiger charge is 2.22. The average Bonchev–Trinajstić information content (AvgIpc) is 3.09. The van der Waals surface area contributed by atoms with Crippen LogP contribution in [0.15, 0.2) is 30.3 Å². The lowest BCUT2D eigenvalue weighted by molar-refractivity contribution is -0.0705. The lowest BCUT2D eigenvalue weighted by atomic mass is 10.1. The van der Waals surface area contributed by atoms with E-state index in [1.807, 2.05) is 13.0 Å². The molecule has 1 fully saturated rings. The van der Waals surface area contributed by atoms with Gasteiger partial charge in [0.2, 0.25) is 0 Å². The smallest absolute Gasteiger partial charge is 0.272 e. The summed E-state index contributed by atoms with van der Waals surface area (Å²) in [5, 5.41) is 9.93. The molecule has 2 N–H and O–H groups in total. The largest absolute Gasteiger partial charge is 0.373 e. The summed E-state index contributed by atoms with van der Waals surface area (Å²) in [7, 11) is 0. The molecule has 0 radical (unpaired) electrons. The molecule has 2 heterocycles. The number of nitrogens with zero attached hydrogens (tertiary/aromatic N) is 2. The molecule has 0 aliphatic carbocycles. The fourth-order valence-corrected chi connectivity index (χ4v) is 3.46. The number of aromatic nitrogens is 2. The van der Waals surface area contributed by atoms with Crippen LogP contribution < -0.4 is 5.32 Å².